The van der Waals surface area contributed by atoms with Crippen LogP contribution in [-0.4, -0.2) is 8.83 Å². The van der Waals surface area contributed by atoms with Gasteiger partial charge in [0.05, 0.1) is 0 Å². The van der Waals surface area contributed by atoms with Crippen LogP contribution in [0.3, 0.4) is 0 Å². The highest BCUT2D eigenvalue weighted by Crippen LogP contribution is 2.22. The standard InChI is InChI=1S/C19H19ClSi/c1-3-15-7-5-9-17(11-15)13-19(21-20)14-18-10-6-8-16(4-2)12-18/h3-12,19H,1-2,13-14H2. The molecule has 2 aromatic carbocycles. The molecule has 0 spiro atoms. The van der Waals surface area contributed by atoms with Crippen LogP contribution in [0.4, 0.5) is 0 Å². The summed E-state index contributed by atoms with van der Waals surface area (Å²) in [4.78, 5) is 0. The molecular formula is C19H19ClSi. The molecule has 0 nitrogen and oxygen atoms in total. The molecular weight excluding hydrogens is 292 g/mol. The Morgan fingerprint density at radius 1 is 0.905 bits per heavy atom. The molecule has 2 rings (SSSR count). The van der Waals surface area contributed by atoms with Crippen molar-refractivity contribution in [2.24, 2.45) is 0 Å². The fraction of sp³-hybridized carbons (Fsp3) is 0.158. The Labute approximate surface area is 134 Å². The van der Waals surface area contributed by atoms with E-state index in [0.717, 1.165) is 24.0 Å². The molecule has 0 aliphatic rings. The van der Waals surface area contributed by atoms with Crippen LogP contribution in [0.5, 0.6) is 0 Å². The van der Waals surface area contributed by atoms with Crippen LogP contribution in [0, 0.1) is 0 Å². The van der Waals surface area contributed by atoms with Crippen molar-refractivity contribution >= 4 is 32.1 Å². The highest BCUT2D eigenvalue weighted by molar-refractivity contribution is 6.94. The predicted molar refractivity (Wildman–Crippen MR) is 95.8 cm³/mol. The molecule has 0 saturated carbocycles. The molecule has 2 heteroatoms. The number of halogens is 1. The lowest BCUT2D eigenvalue weighted by atomic mass is 10.0. The summed E-state index contributed by atoms with van der Waals surface area (Å²) in [7, 11) is 0.415. The van der Waals surface area contributed by atoms with E-state index in [1.54, 1.807) is 0 Å². The van der Waals surface area contributed by atoms with Gasteiger partial charge in [0.1, 0.15) is 0 Å². The van der Waals surface area contributed by atoms with Gasteiger partial charge in [-0.05, 0) is 40.6 Å². The Kier molecular flexibility index (Phi) is 6.03. The van der Waals surface area contributed by atoms with E-state index in [4.69, 9.17) is 11.1 Å². The monoisotopic (exact) mass is 310 g/mol. The highest BCUT2D eigenvalue weighted by atomic mass is 35.6. The second-order valence-corrected chi connectivity index (χ2v) is 6.80. The molecule has 0 saturated heterocycles. The summed E-state index contributed by atoms with van der Waals surface area (Å²) in [6, 6.07) is 17.0. The fourth-order valence-electron chi connectivity index (χ4n) is 2.41. The highest BCUT2D eigenvalue weighted by Gasteiger charge is 2.11. The lowest BCUT2D eigenvalue weighted by Gasteiger charge is -2.14. The second-order valence-electron chi connectivity index (χ2n) is 5.11. The molecule has 0 atom stereocenters. The molecule has 106 valence electrons. The first-order valence-electron chi connectivity index (χ1n) is 7.04. The van der Waals surface area contributed by atoms with Crippen LogP contribution in [0.2, 0.25) is 5.54 Å². The fourth-order valence-corrected chi connectivity index (χ4v) is 3.50. The maximum Gasteiger partial charge on any atom is 0.175 e. The van der Waals surface area contributed by atoms with E-state index < -0.39 is 0 Å². The Morgan fingerprint density at radius 3 is 1.76 bits per heavy atom. The van der Waals surface area contributed by atoms with Crippen LogP contribution in [0.25, 0.3) is 12.2 Å². The minimum atomic E-state index is 0.415. The largest absolute Gasteiger partial charge is 0.175 e. The van der Waals surface area contributed by atoms with Crippen molar-refractivity contribution < 1.29 is 0 Å². The lowest BCUT2D eigenvalue weighted by Crippen LogP contribution is -2.06. The molecule has 0 bridgehead atoms. The summed E-state index contributed by atoms with van der Waals surface area (Å²) < 4.78 is 0. The van der Waals surface area contributed by atoms with E-state index in [9.17, 15) is 0 Å². The van der Waals surface area contributed by atoms with Gasteiger partial charge < -0.3 is 0 Å². The quantitative estimate of drug-likeness (QED) is 0.474. The van der Waals surface area contributed by atoms with Crippen LogP contribution in [0.1, 0.15) is 22.3 Å². The maximum atomic E-state index is 6.20. The molecule has 0 N–H and O–H groups in total. The SMILES string of the molecule is C=Cc1cccc(CC(Cc2cccc(C=C)c2)[Si]Cl)c1. The molecule has 0 amide bonds. The molecule has 0 aliphatic carbocycles. The minimum absolute atomic E-state index is 0.415. The molecule has 0 aromatic heterocycles. The Morgan fingerprint density at radius 2 is 1.38 bits per heavy atom. The zero-order valence-corrected chi connectivity index (χ0v) is 13.8. The topological polar surface area (TPSA) is 0 Å². The van der Waals surface area contributed by atoms with Gasteiger partial charge in [0.15, 0.2) is 8.83 Å². The molecule has 0 heterocycles. The Bertz CT molecular complexity index is 565. The van der Waals surface area contributed by atoms with Gasteiger partial charge in [-0.1, -0.05) is 73.8 Å². The van der Waals surface area contributed by atoms with E-state index in [-0.39, 0.29) is 0 Å². The number of rotatable bonds is 7. The summed E-state index contributed by atoms with van der Waals surface area (Å²) in [6.07, 6.45) is 5.77. The number of hydrogen-bond donors (Lipinski definition) is 0. The third kappa shape index (κ3) is 4.73. The molecule has 0 fully saturated rings. The zero-order chi connectivity index (χ0) is 15.1. The van der Waals surface area contributed by atoms with E-state index >= 15 is 0 Å². The number of hydrogen-bond acceptors (Lipinski definition) is 0. The van der Waals surface area contributed by atoms with Crippen LogP contribution >= 0.6 is 11.1 Å². The predicted octanol–water partition coefficient (Wildman–Crippen LogP) is 5.40. The smallest absolute Gasteiger partial charge is 0.171 e. The molecule has 21 heavy (non-hydrogen) atoms. The van der Waals surface area contributed by atoms with Crippen LogP contribution < -0.4 is 0 Å². The van der Waals surface area contributed by atoms with E-state index in [0.29, 0.717) is 14.4 Å². The molecule has 2 radical (unpaired) electrons. The molecule has 2 aromatic rings. The average Bonchev–Trinajstić information content (AvgIpc) is 2.54. The van der Waals surface area contributed by atoms with Crippen molar-refractivity contribution in [2.45, 2.75) is 18.4 Å². The lowest BCUT2D eigenvalue weighted by molar-refractivity contribution is 0.813. The maximum absolute atomic E-state index is 6.20. The molecule has 0 unspecified atom stereocenters. The van der Waals surface area contributed by atoms with Crippen molar-refractivity contribution in [2.75, 3.05) is 0 Å². The normalized spacial score (nSPS) is 10.6. The third-order valence-electron chi connectivity index (χ3n) is 3.49. The third-order valence-corrected chi connectivity index (χ3v) is 5.13. The summed E-state index contributed by atoms with van der Waals surface area (Å²) in [5.74, 6) is 0. The summed E-state index contributed by atoms with van der Waals surface area (Å²) in [5.41, 5.74) is 5.44. The Balaban J connectivity index is 2.08. The number of benzene rings is 2. The van der Waals surface area contributed by atoms with Gasteiger partial charge in [0.2, 0.25) is 0 Å². The van der Waals surface area contributed by atoms with Crippen LogP contribution in [0.15, 0.2) is 61.7 Å². The van der Waals surface area contributed by atoms with Crippen molar-refractivity contribution in [3.8, 4) is 0 Å². The summed E-state index contributed by atoms with van der Waals surface area (Å²) in [6.45, 7) is 7.65. The van der Waals surface area contributed by atoms with Crippen molar-refractivity contribution in [3.05, 3.63) is 83.9 Å². The van der Waals surface area contributed by atoms with Gasteiger partial charge in [-0.3, -0.25) is 0 Å². The van der Waals surface area contributed by atoms with Gasteiger partial charge in [0, 0.05) is 0 Å². The van der Waals surface area contributed by atoms with Crippen molar-refractivity contribution in [1.29, 1.82) is 0 Å². The Hall–Kier alpha value is -1.57. The summed E-state index contributed by atoms with van der Waals surface area (Å²) in [5, 5.41) is 0. The van der Waals surface area contributed by atoms with E-state index in [1.165, 1.54) is 11.1 Å². The van der Waals surface area contributed by atoms with E-state index in [2.05, 4.69) is 61.7 Å². The first-order valence-corrected chi connectivity index (χ1v) is 9.13. The van der Waals surface area contributed by atoms with Gasteiger partial charge in [-0.25, -0.2) is 0 Å². The molecule has 0 aliphatic heterocycles. The van der Waals surface area contributed by atoms with Gasteiger partial charge in [-0.15, -0.1) is 0 Å². The summed E-state index contributed by atoms with van der Waals surface area (Å²) >= 11 is 6.20. The zero-order valence-electron chi connectivity index (χ0n) is 12.1. The van der Waals surface area contributed by atoms with Gasteiger partial charge in [0.25, 0.3) is 0 Å². The van der Waals surface area contributed by atoms with Crippen molar-refractivity contribution in [1.82, 2.24) is 0 Å². The first kappa shape index (κ1) is 15.8. The van der Waals surface area contributed by atoms with E-state index in [1.807, 2.05) is 12.2 Å². The van der Waals surface area contributed by atoms with Gasteiger partial charge in [-0.2, -0.15) is 11.1 Å². The van der Waals surface area contributed by atoms with Crippen molar-refractivity contribution in [3.63, 3.8) is 0 Å². The minimum Gasteiger partial charge on any atom is -0.171 e. The average molecular weight is 311 g/mol. The van der Waals surface area contributed by atoms with Gasteiger partial charge >= 0.3 is 0 Å². The van der Waals surface area contributed by atoms with Crippen LogP contribution in [-0.2, 0) is 12.8 Å². The first-order chi connectivity index (χ1) is 10.2. The second kappa shape index (κ2) is 8.01.